The third-order valence-electron chi connectivity index (χ3n) is 3.67. The first-order valence-electron chi connectivity index (χ1n) is 7.10. The molecule has 1 amide bonds. The van der Waals surface area contributed by atoms with Gasteiger partial charge in [0.1, 0.15) is 4.88 Å². The Morgan fingerprint density at radius 2 is 2.05 bits per heavy atom. The summed E-state index contributed by atoms with van der Waals surface area (Å²) in [5.74, 6) is 0.560. The first-order valence-corrected chi connectivity index (χ1v) is 7.92. The lowest BCUT2D eigenvalue weighted by Gasteiger charge is -2.17. The number of anilines is 1. The number of amides is 1. The van der Waals surface area contributed by atoms with Crippen LogP contribution in [-0.4, -0.2) is 11.9 Å². The number of carbonyl (C=O) groups is 1. The lowest BCUT2D eigenvalue weighted by atomic mass is 10.0. The molecule has 1 heterocycles. The van der Waals surface area contributed by atoms with Crippen molar-refractivity contribution in [3.63, 3.8) is 0 Å². The zero-order chi connectivity index (χ0) is 14.7. The molecule has 2 rings (SSSR count). The van der Waals surface area contributed by atoms with Gasteiger partial charge in [0.2, 0.25) is 0 Å². The maximum absolute atomic E-state index is 12.3. The molecule has 20 heavy (non-hydrogen) atoms. The van der Waals surface area contributed by atoms with Crippen LogP contribution in [0.2, 0.25) is 0 Å². The Balaban J connectivity index is 2.13. The number of hydrogen-bond acceptors (Lipinski definition) is 3. The maximum Gasteiger partial charge on any atom is 0.263 e. The molecule has 108 valence electrons. The second-order valence-electron chi connectivity index (χ2n) is 5.46. The normalized spacial score (nSPS) is 14.2. The maximum atomic E-state index is 12.3. The van der Waals surface area contributed by atoms with Crippen LogP contribution in [0.1, 0.15) is 43.3 Å². The number of hydrogen-bond donors (Lipinski definition) is 2. The van der Waals surface area contributed by atoms with Crippen LogP contribution >= 0.6 is 11.3 Å². The van der Waals surface area contributed by atoms with E-state index < -0.39 is 0 Å². The third-order valence-corrected chi connectivity index (χ3v) is 4.86. The van der Waals surface area contributed by atoms with E-state index >= 15 is 0 Å². The van der Waals surface area contributed by atoms with Gasteiger partial charge in [0, 0.05) is 16.1 Å². The second kappa shape index (κ2) is 6.27. The number of carbonyl (C=O) groups excluding carboxylic acids is 1. The van der Waals surface area contributed by atoms with Gasteiger partial charge >= 0.3 is 0 Å². The van der Waals surface area contributed by atoms with E-state index in [0.717, 1.165) is 22.9 Å². The molecule has 0 saturated heterocycles. The van der Waals surface area contributed by atoms with Gasteiger partial charge in [0.15, 0.2) is 0 Å². The van der Waals surface area contributed by atoms with E-state index in [2.05, 4.69) is 19.2 Å². The van der Waals surface area contributed by atoms with E-state index in [1.54, 1.807) is 0 Å². The molecule has 0 saturated carbocycles. The molecule has 2 unspecified atom stereocenters. The molecule has 2 atom stereocenters. The van der Waals surface area contributed by atoms with Crippen LogP contribution in [-0.2, 0) is 0 Å². The van der Waals surface area contributed by atoms with Crippen molar-refractivity contribution >= 4 is 33.0 Å². The minimum Gasteiger partial charge on any atom is -0.397 e. The molecule has 0 aliphatic heterocycles. The van der Waals surface area contributed by atoms with Crippen molar-refractivity contribution in [1.29, 1.82) is 0 Å². The minimum atomic E-state index is -0.0560. The molecule has 0 aliphatic rings. The highest BCUT2D eigenvalue weighted by Gasteiger charge is 2.18. The highest BCUT2D eigenvalue weighted by Crippen LogP contribution is 2.33. The summed E-state index contributed by atoms with van der Waals surface area (Å²) in [4.78, 5) is 13.0. The van der Waals surface area contributed by atoms with E-state index in [0.29, 0.717) is 16.5 Å². The number of nitrogens with two attached hydrogens (primary N) is 1. The van der Waals surface area contributed by atoms with Gasteiger partial charge in [-0.15, -0.1) is 11.3 Å². The Morgan fingerprint density at radius 1 is 1.35 bits per heavy atom. The van der Waals surface area contributed by atoms with Crippen LogP contribution in [0.5, 0.6) is 0 Å². The molecule has 1 aromatic heterocycles. The molecule has 0 spiro atoms. The van der Waals surface area contributed by atoms with Crippen molar-refractivity contribution in [2.75, 3.05) is 5.73 Å². The Labute approximate surface area is 124 Å². The molecule has 0 bridgehead atoms. The molecule has 1 aromatic carbocycles. The zero-order valence-corrected chi connectivity index (χ0v) is 13.1. The van der Waals surface area contributed by atoms with E-state index in [1.165, 1.54) is 11.3 Å². The average molecular weight is 290 g/mol. The average Bonchev–Trinajstić information content (AvgIpc) is 2.76. The fourth-order valence-corrected chi connectivity index (χ4v) is 3.38. The number of nitrogens with one attached hydrogen (secondary N) is 1. The Bertz CT molecular complexity index is 606. The summed E-state index contributed by atoms with van der Waals surface area (Å²) in [6.45, 7) is 6.42. The van der Waals surface area contributed by atoms with Crippen molar-refractivity contribution in [1.82, 2.24) is 5.32 Å². The highest BCUT2D eigenvalue weighted by atomic mass is 32.1. The summed E-state index contributed by atoms with van der Waals surface area (Å²) < 4.78 is 1.06. The molecule has 0 aliphatic carbocycles. The Morgan fingerprint density at radius 3 is 2.70 bits per heavy atom. The number of benzene rings is 1. The molecular weight excluding hydrogens is 268 g/mol. The quantitative estimate of drug-likeness (QED) is 0.873. The van der Waals surface area contributed by atoms with E-state index in [-0.39, 0.29) is 11.9 Å². The molecule has 2 aromatic rings. The van der Waals surface area contributed by atoms with Gasteiger partial charge in [0.05, 0.1) is 5.69 Å². The van der Waals surface area contributed by atoms with Crippen LogP contribution in [0.25, 0.3) is 10.1 Å². The van der Waals surface area contributed by atoms with Gasteiger partial charge in [-0.2, -0.15) is 0 Å². The van der Waals surface area contributed by atoms with E-state index in [4.69, 9.17) is 5.73 Å². The molecule has 3 nitrogen and oxygen atoms in total. The predicted molar refractivity (Wildman–Crippen MR) is 87.2 cm³/mol. The van der Waals surface area contributed by atoms with Crippen LogP contribution in [0, 0.1) is 5.92 Å². The smallest absolute Gasteiger partial charge is 0.263 e. The van der Waals surface area contributed by atoms with Crippen LogP contribution in [0.4, 0.5) is 5.69 Å². The van der Waals surface area contributed by atoms with Crippen LogP contribution < -0.4 is 11.1 Å². The first-order chi connectivity index (χ1) is 9.52. The van der Waals surface area contributed by atoms with Crippen molar-refractivity contribution in [3.05, 3.63) is 29.1 Å². The fourth-order valence-electron chi connectivity index (χ4n) is 2.35. The molecular formula is C16H22N2OS. The number of thiophene rings is 1. The number of nitrogen functional groups attached to an aromatic ring is 1. The van der Waals surface area contributed by atoms with Gasteiger partial charge < -0.3 is 11.1 Å². The standard InChI is InChI=1S/C16H22N2OS/c1-4-10(2)9-11(3)18-16(19)15-14(17)12-7-5-6-8-13(12)20-15/h5-8,10-11H,4,9,17H2,1-3H3,(H,18,19). The third kappa shape index (κ3) is 3.12. The van der Waals surface area contributed by atoms with Crippen molar-refractivity contribution in [2.45, 2.75) is 39.7 Å². The summed E-state index contributed by atoms with van der Waals surface area (Å²) >= 11 is 1.46. The Kier molecular flexibility index (Phi) is 4.65. The summed E-state index contributed by atoms with van der Waals surface area (Å²) in [6.07, 6.45) is 2.12. The fraction of sp³-hybridized carbons (Fsp3) is 0.438. The lowest BCUT2D eigenvalue weighted by molar-refractivity contribution is 0.0940. The minimum absolute atomic E-state index is 0.0560. The number of fused-ring (bicyclic) bond motifs is 1. The van der Waals surface area contributed by atoms with Crippen molar-refractivity contribution in [2.24, 2.45) is 5.92 Å². The largest absolute Gasteiger partial charge is 0.397 e. The summed E-state index contributed by atoms with van der Waals surface area (Å²) in [5, 5.41) is 4.02. The first kappa shape index (κ1) is 14.9. The van der Waals surface area contributed by atoms with Gasteiger partial charge in [-0.25, -0.2) is 0 Å². The summed E-state index contributed by atoms with van der Waals surface area (Å²) in [5.41, 5.74) is 6.69. The molecule has 4 heteroatoms. The molecule has 0 radical (unpaired) electrons. The second-order valence-corrected chi connectivity index (χ2v) is 6.52. The predicted octanol–water partition coefficient (Wildman–Crippen LogP) is 4.04. The topological polar surface area (TPSA) is 55.1 Å². The van der Waals surface area contributed by atoms with Gasteiger partial charge in [-0.3, -0.25) is 4.79 Å². The lowest BCUT2D eigenvalue weighted by Crippen LogP contribution is -2.33. The Hall–Kier alpha value is -1.55. The monoisotopic (exact) mass is 290 g/mol. The highest BCUT2D eigenvalue weighted by molar-refractivity contribution is 7.21. The van der Waals surface area contributed by atoms with Crippen LogP contribution in [0.15, 0.2) is 24.3 Å². The van der Waals surface area contributed by atoms with Gasteiger partial charge in [-0.1, -0.05) is 38.5 Å². The van der Waals surface area contributed by atoms with Crippen molar-refractivity contribution in [3.8, 4) is 0 Å². The van der Waals surface area contributed by atoms with E-state index in [1.807, 2.05) is 31.2 Å². The van der Waals surface area contributed by atoms with Gasteiger partial charge in [-0.05, 0) is 25.3 Å². The summed E-state index contributed by atoms with van der Waals surface area (Å²) in [7, 11) is 0. The summed E-state index contributed by atoms with van der Waals surface area (Å²) in [6, 6.07) is 8.03. The van der Waals surface area contributed by atoms with E-state index in [9.17, 15) is 4.79 Å². The SMILES string of the molecule is CCC(C)CC(C)NC(=O)c1sc2ccccc2c1N. The number of rotatable bonds is 5. The molecule has 0 fully saturated rings. The molecule has 3 N–H and O–H groups in total. The van der Waals surface area contributed by atoms with Crippen LogP contribution in [0.3, 0.4) is 0 Å². The van der Waals surface area contributed by atoms with Crippen molar-refractivity contribution < 1.29 is 4.79 Å². The zero-order valence-electron chi connectivity index (χ0n) is 12.3. The van der Waals surface area contributed by atoms with Gasteiger partial charge in [0.25, 0.3) is 5.91 Å².